The minimum atomic E-state index is -0.934. The van der Waals surface area contributed by atoms with Crippen LogP contribution in [0.3, 0.4) is 0 Å². The summed E-state index contributed by atoms with van der Waals surface area (Å²) in [6.07, 6.45) is 2.22. The topological polar surface area (TPSA) is 95.9 Å². The van der Waals surface area contributed by atoms with Crippen molar-refractivity contribution in [1.29, 1.82) is 0 Å². The molecule has 0 aromatic heterocycles. The smallest absolute Gasteiger partial charge is 0.407 e. The van der Waals surface area contributed by atoms with E-state index < -0.39 is 18.1 Å². The van der Waals surface area contributed by atoms with Crippen LogP contribution in [0.2, 0.25) is 0 Å². The number of carbonyl (C=O) groups is 3. The summed E-state index contributed by atoms with van der Waals surface area (Å²) in [7, 11) is 0. The molecule has 2 amide bonds. The van der Waals surface area contributed by atoms with Crippen LogP contribution in [0.15, 0.2) is 48.5 Å². The van der Waals surface area contributed by atoms with E-state index in [1.165, 1.54) is 22.3 Å². The number of nitrogens with one attached hydrogen (secondary N) is 1. The van der Waals surface area contributed by atoms with Gasteiger partial charge in [0.2, 0.25) is 5.91 Å². The number of thioether (sulfide) groups is 1. The number of hydrogen-bond acceptors (Lipinski definition) is 5. The lowest BCUT2D eigenvalue weighted by molar-refractivity contribution is -0.151. The van der Waals surface area contributed by atoms with Crippen molar-refractivity contribution in [1.82, 2.24) is 10.2 Å². The van der Waals surface area contributed by atoms with E-state index in [-0.39, 0.29) is 30.4 Å². The second-order valence-corrected chi connectivity index (χ2v) is 10.6. The van der Waals surface area contributed by atoms with Gasteiger partial charge in [0.1, 0.15) is 12.6 Å². The normalized spacial score (nSPS) is 23.8. The summed E-state index contributed by atoms with van der Waals surface area (Å²) in [5.74, 6) is 0.0638. The van der Waals surface area contributed by atoms with E-state index >= 15 is 0 Å². The molecule has 1 saturated carbocycles. The van der Waals surface area contributed by atoms with Crippen molar-refractivity contribution in [2.75, 3.05) is 24.7 Å². The highest BCUT2D eigenvalue weighted by Gasteiger charge is 2.37. The van der Waals surface area contributed by atoms with Crippen LogP contribution in [0.1, 0.15) is 42.7 Å². The molecule has 35 heavy (non-hydrogen) atoms. The Kier molecular flexibility index (Phi) is 7.00. The monoisotopic (exact) mass is 494 g/mol. The van der Waals surface area contributed by atoms with Crippen LogP contribution in [0.5, 0.6) is 0 Å². The Morgan fingerprint density at radius 1 is 0.971 bits per heavy atom. The first kappa shape index (κ1) is 23.7. The standard InChI is InChI=1S/C27H30N2O5S/c30-25(29-13-14-35-16-24(29)26(31)32)17-9-11-18(12-10-17)28-27(33)34-15-23-21-7-3-1-5-19(21)20-6-2-4-8-22(20)23/h1-8,17-18,23-24H,9-16H2,(H,28,33)(H,31,32). The number of ether oxygens (including phenoxy) is 1. The zero-order valence-electron chi connectivity index (χ0n) is 19.5. The molecule has 1 unspecified atom stereocenters. The van der Waals surface area contributed by atoms with Crippen molar-refractivity contribution in [2.24, 2.45) is 5.92 Å². The number of aliphatic carboxylic acids is 1. The lowest BCUT2D eigenvalue weighted by Gasteiger charge is -2.37. The van der Waals surface area contributed by atoms with E-state index in [9.17, 15) is 19.5 Å². The van der Waals surface area contributed by atoms with Crippen molar-refractivity contribution in [3.05, 3.63) is 59.7 Å². The van der Waals surface area contributed by atoms with Gasteiger partial charge >= 0.3 is 12.1 Å². The Morgan fingerprint density at radius 3 is 2.23 bits per heavy atom. The Balaban J connectivity index is 1.12. The minimum absolute atomic E-state index is 0.0198. The fourth-order valence-corrected chi connectivity index (χ4v) is 6.64. The van der Waals surface area contributed by atoms with E-state index in [2.05, 4.69) is 29.6 Å². The second-order valence-electron chi connectivity index (χ2n) is 9.48. The Bertz CT molecular complexity index is 1070. The molecule has 0 bridgehead atoms. The molecular weight excluding hydrogens is 464 g/mol. The number of carboxylic acid groups (broad SMARTS) is 1. The maximum Gasteiger partial charge on any atom is 0.407 e. The minimum Gasteiger partial charge on any atom is -0.480 e. The number of fused-ring (bicyclic) bond motifs is 3. The second kappa shape index (κ2) is 10.3. The van der Waals surface area contributed by atoms with Crippen molar-refractivity contribution in [3.63, 3.8) is 0 Å². The zero-order chi connectivity index (χ0) is 24.4. The molecule has 1 atom stereocenters. The van der Waals surface area contributed by atoms with Crippen LogP contribution in [0.25, 0.3) is 11.1 Å². The lowest BCUT2D eigenvalue weighted by atomic mass is 9.85. The number of hydrogen-bond donors (Lipinski definition) is 2. The van der Waals surface area contributed by atoms with Gasteiger partial charge in [-0.3, -0.25) is 4.79 Å². The number of amides is 2. The molecule has 2 aromatic rings. The van der Waals surface area contributed by atoms with Crippen LogP contribution in [0, 0.1) is 5.92 Å². The maximum absolute atomic E-state index is 13.0. The van der Waals surface area contributed by atoms with E-state index in [1.54, 1.807) is 16.7 Å². The molecule has 1 aliphatic heterocycles. The molecule has 2 fully saturated rings. The number of rotatable bonds is 5. The summed E-state index contributed by atoms with van der Waals surface area (Å²) < 4.78 is 5.66. The van der Waals surface area contributed by atoms with Crippen molar-refractivity contribution >= 4 is 29.7 Å². The highest BCUT2D eigenvalue weighted by molar-refractivity contribution is 7.99. The number of nitrogens with zero attached hydrogens (tertiary/aromatic N) is 1. The molecule has 7 nitrogen and oxygen atoms in total. The van der Waals surface area contributed by atoms with Gasteiger partial charge in [-0.2, -0.15) is 11.8 Å². The Morgan fingerprint density at radius 2 is 1.60 bits per heavy atom. The molecular formula is C27H30N2O5S. The van der Waals surface area contributed by atoms with Gasteiger partial charge in [0.15, 0.2) is 0 Å². The SMILES string of the molecule is O=C(NC1CCC(C(=O)N2CCSCC2C(=O)O)CC1)OCC1c2ccccc2-c2ccccc21. The first-order valence-electron chi connectivity index (χ1n) is 12.3. The summed E-state index contributed by atoms with van der Waals surface area (Å²) in [6.45, 7) is 0.760. The molecule has 3 aliphatic rings. The highest BCUT2D eigenvalue weighted by Crippen LogP contribution is 2.44. The quantitative estimate of drug-likeness (QED) is 0.650. The largest absolute Gasteiger partial charge is 0.480 e. The summed E-state index contributed by atoms with van der Waals surface area (Å²) >= 11 is 1.58. The molecule has 2 aliphatic carbocycles. The van der Waals surface area contributed by atoms with Crippen molar-refractivity contribution in [3.8, 4) is 11.1 Å². The van der Waals surface area contributed by atoms with Crippen LogP contribution >= 0.6 is 11.8 Å². The van der Waals surface area contributed by atoms with Gasteiger partial charge in [0.25, 0.3) is 0 Å². The highest BCUT2D eigenvalue weighted by atomic mass is 32.2. The molecule has 0 radical (unpaired) electrons. The summed E-state index contributed by atoms with van der Waals surface area (Å²) in [6, 6.07) is 15.7. The molecule has 184 valence electrons. The van der Waals surface area contributed by atoms with E-state index in [1.807, 2.05) is 24.3 Å². The maximum atomic E-state index is 13.0. The van der Waals surface area contributed by atoms with Crippen LogP contribution in [-0.4, -0.2) is 64.7 Å². The van der Waals surface area contributed by atoms with Gasteiger partial charge in [0, 0.05) is 35.9 Å². The predicted molar refractivity (Wildman–Crippen MR) is 134 cm³/mol. The number of carbonyl (C=O) groups excluding carboxylic acids is 2. The van der Waals surface area contributed by atoms with Gasteiger partial charge in [-0.05, 0) is 47.9 Å². The molecule has 2 N–H and O–H groups in total. The fraction of sp³-hybridized carbons (Fsp3) is 0.444. The fourth-order valence-electron chi connectivity index (χ4n) is 5.60. The number of carboxylic acids is 1. The van der Waals surface area contributed by atoms with Gasteiger partial charge in [-0.1, -0.05) is 48.5 Å². The first-order valence-corrected chi connectivity index (χ1v) is 13.4. The van der Waals surface area contributed by atoms with Crippen LogP contribution in [-0.2, 0) is 14.3 Å². The van der Waals surface area contributed by atoms with E-state index in [0.717, 1.165) is 5.75 Å². The van der Waals surface area contributed by atoms with Crippen molar-refractivity contribution < 1.29 is 24.2 Å². The third-order valence-electron chi connectivity index (χ3n) is 7.44. The summed E-state index contributed by atoms with van der Waals surface area (Å²) in [5, 5.41) is 12.4. The summed E-state index contributed by atoms with van der Waals surface area (Å²) in [4.78, 5) is 38.7. The van der Waals surface area contributed by atoms with Gasteiger partial charge < -0.3 is 20.1 Å². The average Bonchev–Trinajstić information content (AvgIpc) is 3.21. The average molecular weight is 495 g/mol. The third kappa shape index (κ3) is 4.89. The molecule has 0 spiro atoms. The van der Waals surface area contributed by atoms with Crippen molar-refractivity contribution in [2.45, 2.75) is 43.7 Å². The molecule has 8 heteroatoms. The number of alkyl carbamates (subject to hydrolysis) is 1. The van der Waals surface area contributed by atoms with Gasteiger partial charge in [0.05, 0.1) is 0 Å². The van der Waals surface area contributed by atoms with Crippen LogP contribution in [0.4, 0.5) is 4.79 Å². The van der Waals surface area contributed by atoms with E-state index in [4.69, 9.17) is 4.74 Å². The number of benzene rings is 2. The molecule has 5 rings (SSSR count). The zero-order valence-corrected chi connectivity index (χ0v) is 20.3. The molecule has 2 aromatic carbocycles. The summed E-state index contributed by atoms with van der Waals surface area (Å²) in [5.41, 5.74) is 4.74. The predicted octanol–water partition coefficient (Wildman–Crippen LogP) is 4.11. The lowest BCUT2D eigenvalue weighted by Crippen LogP contribution is -2.53. The van der Waals surface area contributed by atoms with Crippen LogP contribution < -0.4 is 5.32 Å². The Labute approximate surface area is 209 Å². The third-order valence-corrected chi connectivity index (χ3v) is 8.46. The Hall–Kier alpha value is -3.00. The van der Waals surface area contributed by atoms with Gasteiger partial charge in [-0.15, -0.1) is 0 Å². The van der Waals surface area contributed by atoms with E-state index in [0.29, 0.717) is 38.0 Å². The molecule has 1 saturated heterocycles. The first-order chi connectivity index (χ1) is 17.0. The van der Waals surface area contributed by atoms with Gasteiger partial charge in [-0.25, -0.2) is 9.59 Å². The molecule has 1 heterocycles.